The molecule has 3 rings (SSSR count). The van der Waals surface area contributed by atoms with Gasteiger partial charge in [0.15, 0.2) is 0 Å². The number of ether oxygens (including phenoxy) is 1. The van der Waals surface area contributed by atoms with Crippen molar-refractivity contribution in [2.45, 2.75) is 12.6 Å². The molecule has 2 aliphatic heterocycles. The van der Waals surface area contributed by atoms with Crippen molar-refractivity contribution >= 4 is 11.6 Å². The summed E-state index contributed by atoms with van der Waals surface area (Å²) in [7, 11) is 0. The Morgan fingerprint density at radius 1 is 1.35 bits per heavy atom. The molecule has 0 spiro atoms. The van der Waals surface area contributed by atoms with E-state index < -0.39 is 0 Å². The molecule has 0 aliphatic carbocycles. The summed E-state index contributed by atoms with van der Waals surface area (Å²) in [5, 5.41) is 0. The molecule has 88 valence electrons. The van der Waals surface area contributed by atoms with Gasteiger partial charge in [0.05, 0.1) is 19.7 Å². The molecule has 1 saturated heterocycles. The number of carbonyl (C=O) groups excluding carboxylic acids is 1. The normalized spacial score (nSPS) is 23.5. The van der Waals surface area contributed by atoms with Gasteiger partial charge >= 0.3 is 0 Å². The number of hydrogen-bond donors (Lipinski definition) is 0. The van der Waals surface area contributed by atoms with Gasteiger partial charge in [-0.3, -0.25) is 9.79 Å². The minimum absolute atomic E-state index is 0.0264. The van der Waals surface area contributed by atoms with E-state index in [1.54, 1.807) is 0 Å². The zero-order chi connectivity index (χ0) is 11.7. The molecule has 2 heterocycles. The van der Waals surface area contributed by atoms with Crippen LogP contribution in [0.3, 0.4) is 0 Å². The van der Waals surface area contributed by atoms with Gasteiger partial charge in [-0.25, -0.2) is 0 Å². The monoisotopic (exact) mass is 230 g/mol. The molecule has 0 radical (unpaired) electrons. The number of rotatable bonds is 2. The summed E-state index contributed by atoms with van der Waals surface area (Å²) in [4.78, 5) is 18.1. The van der Waals surface area contributed by atoms with Crippen LogP contribution in [0.2, 0.25) is 0 Å². The van der Waals surface area contributed by atoms with Gasteiger partial charge in [0.2, 0.25) is 0 Å². The summed E-state index contributed by atoms with van der Waals surface area (Å²) in [6.07, 6.45) is -0.111. The molecular formula is C13H14N2O2. The van der Waals surface area contributed by atoms with Crippen LogP contribution in [0.4, 0.5) is 0 Å². The standard InChI is InChI=1S/C13H14N2O2/c16-13-12-11(17-7-6-14-12)9-15(13)8-10-4-2-1-3-5-10/h1-5,11H,6-9H2. The zero-order valence-corrected chi connectivity index (χ0v) is 9.50. The van der Waals surface area contributed by atoms with Crippen LogP contribution >= 0.6 is 0 Å². The molecule has 1 amide bonds. The Morgan fingerprint density at radius 3 is 2.94 bits per heavy atom. The number of nitrogens with zero attached hydrogens (tertiary/aromatic N) is 2. The van der Waals surface area contributed by atoms with Gasteiger partial charge in [-0.15, -0.1) is 0 Å². The second-order valence-corrected chi connectivity index (χ2v) is 4.30. The smallest absolute Gasteiger partial charge is 0.271 e. The van der Waals surface area contributed by atoms with Gasteiger partial charge in [0.25, 0.3) is 5.91 Å². The van der Waals surface area contributed by atoms with Crippen LogP contribution in [0.1, 0.15) is 5.56 Å². The highest BCUT2D eigenvalue weighted by molar-refractivity contribution is 6.42. The maximum absolute atomic E-state index is 12.1. The minimum Gasteiger partial charge on any atom is -0.368 e. The molecule has 0 saturated carbocycles. The van der Waals surface area contributed by atoms with Crippen molar-refractivity contribution in [3.63, 3.8) is 0 Å². The van der Waals surface area contributed by atoms with Crippen molar-refractivity contribution in [2.75, 3.05) is 19.7 Å². The molecule has 1 aromatic rings. The van der Waals surface area contributed by atoms with Crippen LogP contribution in [0.25, 0.3) is 0 Å². The Morgan fingerprint density at radius 2 is 2.18 bits per heavy atom. The van der Waals surface area contributed by atoms with Crippen LogP contribution in [0.5, 0.6) is 0 Å². The van der Waals surface area contributed by atoms with Crippen LogP contribution in [-0.4, -0.2) is 42.3 Å². The molecule has 2 aliphatic rings. The van der Waals surface area contributed by atoms with E-state index in [2.05, 4.69) is 4.99 Å². The van der Waals surface area contributed by atoms with Crippen LogP contribution in [-0.2, 0) is 16.1 Å². The Hall–Kier alpha value is -1.68. The van der Waals surface area contributed by atoms with Crippen molar-refractivity contribution in [3.05, 3.63) is 35.9 Å². The van der Waals surface area contributed by atoms with Crippen LogP contribution in [0, 0.1) is 0 Å². The average Bonchev–Trinajstić information content (AvgIpc) is 2.68. The lowest BCUT2D eigenvalue weighted by Crippen LogP contribution is -2.30. The fraction of sp³-hybridized carbons (Fsp3) is 0.385. The summed E-state index contributed by atoms with van der Waals surface area (Å²) in [5.74, 6) is 0.0264. The summed E-state index contributed by atoms with van der Waals surface area (Å²) >= 11 is 0. The lowest BCUT2D eigenvalue weighted by Gasteiger charge is -2.16. The number of amides is 1. The van der Waals surface area contributed by atoms with Crippen molar-refractivity contribution in [3.8, 4) is 0 Å². The molecule has 0 bridgehead atoms. The second-order valence-electron chi connectivity index (χ2n) is 4.30. The third-order valence-electron chi connectivity index (χ3n) is 3.11. The highest BCUT2D eigenvalue weighted by Gasteiger charge is 2.38. The molecule has 1 fully saturated rings. The molecule has 0 aromatic heterocycles. The van der Waals surface area contributed by atoms with E-state index in [1.807, 2.05) is 35.2 Å². The van der Waals surface area contributed by atoms with E-state index in [4.69, 9.17) is 4.74 Å². The molecule has 1 atom stereocenters. The fourth-order valence-corrected chi connectivity index (χ4v) is 2.27. The highest BCUT2D eigenvalue weighted by atomic mass is 16.5. The van der Waals surface area contributed by atoms with Crippen molar-refractivity contribution < 1.29 is 9.53 Å². The van der Waals surface area contributed by atoms with Gasteiger partial charge in [0, 0.05) is 6.54 Å². The first-order valence-electron chi connectivity index (χ1n) is 5.84. The Kier molecular flexibility index (Phi) is 2.65. The first kappa shape index (κ1) is 10.5. The van der Waals surface area contributed by atoms with E-state index in [0.717, 1.165) is 5.56 Å². The van der Waals surface area contributed by atoms with Gasteiger partial charge < -0.3 is 9.64 Å². The predicted octanol–water partition coefficient (Wildman–Crippen LogP) is 0.869. The van der Waals surface area contributed by atoms with Gasteiger partial charge in [-0.1, -0.05) is 30.3 Å². The number of benzene rings is 1. The number of likely N-dealkylation sites (tertiary alicyclic amines) is 1. The topological polar surface area (TPSA) is 41.9 Å². The fourth-order valence-electron chi connectivity index (χ4n) is 2.27. The first-order chi connectivity index (χ1) is 8.34. The zero-order valence-electron chi connectivity index (χ0n) is 9.50. The Labute approximate surface area is 99.9 Å². The maximum Gasteiger partial charge on any atom is 0.271 e. The van der Waals surface area contributed by atoms with Crippen molar-refractivity contribution in [1.29, 1.82) is 0 Å². The summed E-state index contributed by atoms with van der Waals surface area (Å²) in [6.45, 7) is 2.50. The third-order valence-corrected chi connectivity index (χ3v) is 3.11. The lowest BCUT2D eigenvalue weighted by atomic mass is 10.2. The van der Waals surface area contributed by atoms with E-state index in [0.29, 0.717) is 32.0 Å². The van der Waals surface area contributed by atoms with Gasteiger partial charge in [0.1, 0.15) is 11.8 Å². The molecule has 4 nitrogen and oxygen atoms in total. The Balaban J connectivity index is 1.76. The molecule has 17 heavy (non-hydrogen) atoms. The minimum atomic E-state index is -0.111. The number of fused-ring (bicyclic) bond motifs is 1. The van der Waals surface area contributed by atoms with E-state index >= 15 is 0 Å². The largest absolute Gasteiger partial charge is 0.368 e. The van der Waals surface area contributed by atoms with E-state index in [9.17, 15) is 4.79 Å². The summed E-state index contributed by atoms with van der Waals surface area (Å²) in [6, 6.07) is 9.99. The highest BCUT2D eigenvalue weighted by Crippen LogP contribution is 2.18. The average molecular weight is 230 g/mol. The molecule has 1 aromatic carbocycles. The van der Waals surface area contributed by atoms with Crippen molar-refractivity contribution in [1.82, 2.24) is 4.90 Å². The number of carbonyl (C=O) groups is 1. The molecule has 4 heteroatoms. The van der Waals surface area contributed by atoms with E-state index in [-0.39, 0.29) is 12.0 Å². The molecule has 1 unspecified atom stereocenters. The van der Waals surface area contributed by atoms with E-state index in [1.165, 1.54) is 0 Å². The third kappa shape index (κ3) is 1.96. The first-order valence-corrected chi connectivity index (χ1v) is 5.84. The molecule has 0 N–H and O–H groups in total. The lowest BCUT2D eigenvalue weighted by molar-refractivity contribution is -0.123. The number of hydrogen-bond acceptors (Lipinski definition) is 3. The quantitative estimate of drug-likeness (QED) is 0.756. The van der Waals surface area contributed by atoms with Crippen molar-refractivity contribution in [2.24, 2.45) is 4.99 Å². The summed E-state index contributed by atoms with van der Waals surface area (Å²) in [5.41, 5.74) is 1.74. The predicted molar refractivity (Wildman–Crippen MR) is 63.9 cm³/mol. The van der Waals surface area contributed by atoms with Gasteiger partial charge in [-0.2, -0.15) is 0 Å². The van der Waals surface area contributed by atoms with Gasteiger partial charge in [-0.05, 0) is 5.56 Å². The second kappa shape index (κ2) is 4.30. The Bertz CT molecular complexity index is 456. The van der Waals surface area contributed by atoms with Crippen LogP contribution < -0.4 is 0 Å². The number of aliphatic imine (C=N–C) groups is 1. The summed E-state index contributed by atoms with van der Waals surface area (Å²) < 4.78 is 5.55. The maximum atomic E-state index is 12.1. The van der Waals surface area contributed by atoms with Crippen LogP contribution in [0.15, 0.2) is 35.3 Å². The molecular weight excluding hydrogens is 216 g/mol. The SMILES string of the molecule is O=C1C2=NCCOC2CN1Cc1ccccc1.